The summed E-state index contributed by atoms with van der Waals surface area (Å²) in [6, 6.07) is 3.58. The summed E-state index contributed by atoms with van der Waals surface area (Å²) in [5.41, 5.74) is -0.928. The highest BCUT2D eigenvalue weighted by Crippen LogP contribution is 2.16. The first-order chi connectivity index (χ1) is 10.1. The summed E-state index contributed by atoms with van der Waals surface area (Å²) in [4.78, 5) is 24.0. The van der Waals surface area contributed by atoms with Gasteiger partial charge < -0.3 is 20.5 Å². The van der Waals surface area contributed by atoms with Gasteiger partial charge in [0.2, 0.25) is 5.91 Å². The van der Waals surface area contributed by atoms with E-state index < -0.39 is 5.60 Å². The molecular weight excluding hydrogens is 292 g/mol. The van der Waals surface area contributed by atoms with Gasteiger partial charge in [-0.15, -0.1) is 11.3 Å². The number of carbonyl (C=O) groups excluding carboxylic acids is 2. The van der Waals surface area contributed by atoms with Crippen LogP contribution in [0.2, 0.25) is 0 Å². The zero-order valence-electron chi connectivity index (χ0n) is 11.8. The fourth-order valence-electron chi connectivity index (χ4n) is 2.03. The van der Waals surface area contributed by atoms with Crippen molar-refractivity contribution in [2.75, 3.05) is 26.3 Å². The maximum absolute atomic E-state index is 11.6. The fraction of sp³-hybridized carbons (Fsp3) is 0.571. The number of hydrogen-bond donors (Lipinski definition) is 3. The van der Waals surface area contributed by atoms with Crippen LogP contribution in [-0.2, 0) is 9.53 Å². The van der Waals surface area contributed by atoms with Crippen LogP contribution in [0.5, 0.6) is 0 Å². The van der Waals surface area contributed by atoms with Crippen molar-refractivity contribution in [3.63, 3.8) is 0 Å². The Morgan fingerprint density at radius 3 is 2.95 bits per heavy atom. The number of carbonyl (C=O) groups is 2. The molecule has 0 bridgehead atoms. The summed E-state index contributed by atoms with van der Waals surface area (Å²) in [5, 5.41) is 17.3. The first kappa shape index (κ1) is 15.9. The molecular formula is C14H20N2O4S. The lowest BCUT2D eigenvalue weighted by Crippen LogP contribution is -2.43. The van der Waals surface area contributed by atoms with Crippen molar-refractivity contribution >= 4 is 23.2 Å². The molecule has 1 saturated heterocycles. The second-order valence-corrected chi connectivity index (χ2v) is 6.09. The normalized spacial score (nSPS) is 21.2. The highest BCUT2D eigenvalue weighted by atomic mass is 32.1. The molecule has 2 rings (SSSR count). The van der Waals surface area contributed by atoms with Crippen LogP contribution in [-0.4, -0.2) is 48.8 Å². The van der Waals surface area contributed by atoms with E-state index in [-0.39, 0.29) is 25.0 Å². The monoisotopic (exact) mass is 312 g/mol. The van der Waals surface area contributed by atoms with Crippen molar-refractivity contribution in [2.45, 2.75) is 24.9 Å². The molecule has 1 aromatic rings. The predicted molar refractivity (Wildman–Crippen MR) is 79.3 cm³/mol. The van der Waals surface area contributed by atoms with Crippen LogP contribution in [0.25, 0.3) is 0 Å². The van der Waals surface area contributed by atoms with E-state index in [4.69, 9.17) is 4.74 Å². The third kappa shape index (κ3) is 5.11. The SMILES string of the molecule is O=C(CCCNC(=O)c1cccs1)NCC1(O)CCOC1. The third-order valence-corrected chi connectivity index (χ3v) is 4.18. The van der Waals surface area contributed by atoms with Gasteiger partial charge in [-0.1, -0.05) is 6.07 Å². The quantitative estimate of drug-likeness (QED) is 0.641. The van der Waals surface area contributed by atoms with E-state index in [0.717, 1.165) is 0 Å². The molecule has 1 atom stereocenters. The van der Waals surface area contributed by atoms with Crippen molar-refractivity contribution < 1.29 is 19.4 Å². The number of hydrogen-bond acceptors (Lipinski definition) is 5. The van der Waals surface area contributed by atoms with E-state index in [0.29, 0.717) is 37.3 Å². The number of aliphatic hydroxyl groups is 1. The second kappa shape index (κ2) is 7.53. The Morgan fingerprint density at radius 2 is 2.29 bits per heavy atom. The van der Waals surface area contributed by atoms with E-state index in [2.05, 4.69) is 10.6 Å². The van der Waals surface area contributed by atoms with Crippen molar-refractivity contribution in [3.05, 3.63) is 22.4 Å². The lowest BCUT2D eigenvalue weighted by atomic mass is 10.0. The molecule has 0 radical (unpaired) electrons. The van der Waals surface area contributed by atoms with Gasteiger partial charge in [-0.2, -0.15) is 0 Å². The van der Waals surface area contributed by atoms with E-state index in [1.54, 1.807) is 6.07 Å². The molecule has 0 aliphatic carbocycles. The van der Waals surface area contributed by atoms with Gasteiger partial charge in [0.05, 0.1) is 11.5 Å². The molecule has 2 amide bonds. The Balaban J connectivity index is 1.56. The molecule has 116 valence electrons. The van der Waals surface area contributed by atoms with Crippen LogP contribution in [0.4, 0.5) is 0 Å². The van der Waals surface area contributed by atoms with Gasteiger partial charge in [0.15, 0.2) is 0 Å². The molecule has 3 N–H and O–H groups in total. The summed E-state index contributed by atoms with van der Waals surface area (Å²) in [6.07, 6.45) is 1.43. The average molecular weight is 312 g/mol. The maximum atomic E-state index is 11.6. The highest BCUT2D eigenvalue weighted by Gasteiger charge is 2.32. The van der Waals surface area contributed by atoms with Crippen molar-refractivity contribution in [3.8, 4) is 0 Å². The standard InChI is InChI=1S/C14H20N2O4S/c17-12(16-9-14(19)5-7-20-10-14)4-1-6-15-13(18)11-3-2-8-21-11/h2-3,8,19H,1,4-7,9-10H2,(H,15,18)(H,16,17). The lowest BCUT2D eigenvalue weighted by molar-refractivity contribution is -0.122. The number of rotatable bonds is 7. The van der Waals surface area contributed by atoms with Gasteiger partial charge in [0.25, 0.3) is 5.91 Å². The predicted octanol–water partition coefficient (Wildman–Crippen LogP) is 0.526. The Kier molecular flexibility index (Phi) is 5.72. The van der Waals surface area contributed by atoms with E-state index >= 15 is 0 Å². The van der Waals surface area contributed by atoms with Gasteiger partial charge in [-0.3, -0.25) is 9.59 Å². The maximum Gasteiger partial charge on any atom is 0.261 e. The second-order valence-electron chi connectivity index (χ2n) is 5.14. The minimum absolute atomic E-state index is 0.108. The Bertz CT molecular complexity index is 469. The largest absolute Gasteiger partial charge is 0.386 e. The van der Waals surface area contributed by atoms with E-state index in [9.17, 15) is 14.7 Å². The minimum Gasteiger partial charge on any atom is -0.386 e. The van der Waals surface area contributed by atoms with Gasteiger partial charge in [-0.25, -0.2) is 0 Å². The Labute approximate surface area is 127 Å². The van der Waals surface area contributed by atoms with Crippen LogP contribution in [0.1, 0.15) is 28.9 Å². The summed E-state index contributed by atoms with van der Waals surface area (Å²) in [5.74, 6) is -0.233. The third-order valence-electron chi connectivity index (χ3n) is 3.31. The number of thiophene rings is 1. The molecule has 0 spiro atoms. The zero-order valence-corrected chi connectivity index (χ0v) is 12.6. The van der Waals surface area contributed by atoms with Crippen LogP contribution in [0, 0.1) is 0 Å². The molecule has 0 aromatic carbocycles. The Hall–Kier alpha value is -1.44. The molecule has 1 aliphatic rings. The zero-order chi connectivity index (χ0) is 15.1. The first-order valence-corrected chi connectivity index (χ1v) is 7.86. The fourth-order valence-corrected chi connectivity index (χ4v) is 2.67. The van der Waals surface area contributed by atoms with E-state index in [1.165, 1.54) is 11.3 Å². The van der Waals surface area contributed by atoms with Crippen LogP contribution in [0.15, 0.2) is 17.5 Å². The van der Waals surface area contributed by atoms with Crippen molar-refractivity contribution in [1.29, 1.82) is 0 Å². The molecule has 1 aromatic heterocycles. The smallest absolute Gasteiger partial charge is 0.261 e. The van der Waals surface area contributed by atoms with Gasteiger partial charge >= 0.3 is 0 Å². The molecule has 1 aliphatic heterocycles. The van der Waals surface area contributed by atoms with Crippen LogP contribution < -0.4 is 10.6 Å². The van der Waals surface area contributed by atoms with Crippen LogP contribution in [0.3, 0.4) is 0 Å². The molecule has 1 fully saturated rings. The summed E-state index contributed by atoms with van der Waals surface area (Å²) < 4.78 is 5.10. The number of nitrogens with one attached hydrogen (secondary N) is 2. The molecule has 6 nitrogen and oxygen atoms in total. The number of amides is 2. The molecule has 2 heterocycles. The topological polar surface area (TPSA) is 87.7 Å². The molecule has 7 heteroatoms. The van der Waals surface area contributed by atoms with Crippen molar-refractivity contribution in [1.82, 2.24) is 10.6 Å². The van der Waals surface area contributed by atoms with Crippen LogP contribution >= 0.6 is 11.3 Å². The van der Waals surface area contributed by atoms with E-state index in [1.807, 2.05) is 11.4 Å². The lowest BCUT2D eigenvalue weighted by Gasteiger charge is -2.20. The minimum atomic E-state index is -0.928. The molecule has 0 saturated carbocycles. The van der Waals surface area contributed by atoms with Gasteiger partial charge in [0, 0.05) is 32.5 Å². The average Bonchev–Trinajstić information content (AvgIpc) is 3.13. The molecule has 21 heavy (non-hydrogen) atoms. The Morgan fingerprint density at radius 1 is 1.43 bits per heavy atom. The van der Waals surface area contributed by atoms with Gasteiger partial charge in [-0.05, 0) is 17.9 Å². The van der Waals surface area contributed by atoms with Crippen molar-refractivity contribution in [2.24, 2.45) is 0 Å². The summed E-state index contributed by atoms with van der Waals surface area (Å²) in [7, 11) is 0. The van der Waals surface area contributed by atoms with Gasteiger partial charge in [0.1, 0.15) is 5.60 Å². The molecule has 1 unspecified atom stereocenters. The first-order valence-electron chi connectivity index (χ1n) is 6.98. The summed E-state index contributed by atoms with van der Waals surface area (Å²) >= 11 is 1.39. The summed E-state index contributed by atoms with van der Waals surface area (Å²) in [6.45, 7) is 1.47. The highest BCUT2D eigenvalue weighted by molar-refractivity contribution is 7.12. The number of ether oxygens (including phenoxy) is 1.